The van der Waals surface area contributed by atoms with Crippen LogP contribution < -0.4 is 5.32 Å². The van der Waals surface area contributed by atoms with Crippen LogP contribution in [0.3, 0.4) is 0 Å². The van der Waals surface area contributed by atoms with Gasteiger partial charge in [0, 0.05) is 13.1 Å². The van der Waals surface area contributed by atoms with E-state index >= 15 is 0 Å². The monoisotopic (exact) mass is 141 g/mol. The average Bonchev–Trinajstić information content (AvgIpc) is 2.03. The van der Waals surface area contributed by atoms with E-state index in [-0.39, 0.29) is 0 Å². The zero-order valence-electron chi connectivity index (χ0n) is 6.47. The first-order chi connectivity index (χ1) is 4.93. The van der Waals surface area contributed by atoms with Crippen LogP contribution in [0.5, 0.6) is 0 Å². The molecule has 1 atom stereocenters. The summed E-state index contributed by atoms with van der Waals surface area (Å²) < 4.78 is 5.47. The van der Waals surface area contributed by atoms with Crippen LogP contribution in [0.1, 0.15) is 13.3 Å². The number of rotatable bonds is 2. The Morgan fingerprint density at radius 2 is 2.60 bits per heavy atom. The Hall–Kier alpha value is -0.340. The minimum Gasteiger partial charge on any atom is -0.375 e. The van der Waals surface area contributed by atoms with Crippen molar-refractivity contribution >= 4 is 0 Å². The van der Waals surface area contributed by atoms with Gasteiger partial charge in [-0.05, 0) is 13.3 Å². The second-order valence-corrected chi connectivity index (χ2v) is 2.50. The normalized spacial score (nSPS) is 27.5. The summed E-state index contributed by atoms with van der Waals surface area (Å²) in [7, 11) is 0. The molecule has 1 rings (SSSR count). The van der Waals surface area contributed by atoms with Gasteiger partial charge in [-0.25, -0.2) is 0 Å². The second-order valence-electron chi connectivity index (χ2n) is 2.50. The van der Waals surface area contributed by atoms with Crippen molar-refractivity contribution in [2.24, 2.45) is 0 Å². The third-order valence-electron chi connectivity index (χ3n) is 1.64. The lowest BCUT2D eigenvalue weighted by molar-refractivity contribution is 0.0309. The number of nitrogens with one attached hydrogen (secondary N) is 1. The van der Waals surface area contributed by atoms with Gasteiger partial charge in [0.2, 0.25) is 0 Å². The molecule has 0 spiro atoms. The van der Waals surface area contributed by atoms with Gasteiger partial charge in [-0.1, -0.05) is 12.2 Å². The van der Waals surface area contributed by atoms with Crippen LogP contribution in [0.15, 0.2) is 12.2 Å². The Kier molecular flexibility index (Phi) is 3.47. The Morgan fingerprint density at radius 1 is 1.70 bits per heavy atom. The zero-order chi connectivity index (χ0) is 7.23. The maximum absolute atomic E-state index is 5.47. The lowest BCUT2D eigenvalue weighted by Gasteiger charge is -2.22. The summed E-state index contributed by atoms with van der Waals surface area (Å²) in [5.74, 6) is 0. The van der Waals surface area contributed by atoms with Gasteiger partial charge < -0.3 is 10.1 Å². The van der Waals surface area contributed by atoms with E-state index < -0.39 is 0 Å². The van der Waals surface area contributed by atoms with Gasteiger partial charge in [0.15, 0.2) is 0 Å². The molecule has 0 radical (unpaired) electrons. The fourth-order valence-electron chi connectivity index (χ4n) is 1.06. The number of ether oxygens (including phenoxy) is 1. The first kappa shape index (κ1) is 7.76. The van der Waals surface area contributed by atoms with Crippen molar-refractivity contribution < 1.29 is 4.74 Å². The van der Waals surface area contributed by atoms with Crippen molar-refractivity contribution in [2.45, 2.75) is 19.4 Å². The van der Waals surface area contributed by atoms with Crippen molar-refractivity contribution in [1.29, 1.82) is 0 Å². The van der Waals surface area contributed by atoms with Gasteiger partial charge in [0.1, 0.15) is 0 Å². The molecule has 1 fully saturated rings. The smallest absolute Gasteiger partial charge is 0.0734 e. The van der Waals surface area contributed by atoms with Gasteiger partial charge in [-0.2, -0.15) is 0 Å². The van der Waals surface area contributed by atoms with Crippen molar-refractivity contribution in [1.82, 2.24) is 5.32 Å². The summed E-state index contributed by atoms with van der Waals surface area (Å²) >= 11 is 0. The SMILES string of the molecule is C/C=C/CC1CNCCO1. The zero-order valence-corrected chi connectivity index (χ0v) is 6.47. The van der Waals surface area contributed by atoms with Gasteiger partial charge in [0.05, 0.1) is 12.7 Å². The molecule has 1 aliphatic heterocycles. The number of hydrogen-bond acceptors (Lipinski definition) is 2. The van der Waals surface area contributed by atoms with E-state index in [1.807, 2.05) is 6.92 Å². The molecule has 0 saturated carbocycles. The summed E-state index contributed by atoms with van der Waals surface area (Å²) in [6, 6.07) is 0. The number of hydrogen-bond donors (Lipinski definition) is 1. The number of morpholine rings is 1. The van der Waals surface area contributed by atoms with E-state index in [1.54, 1.807) is 0 Å². The van der Waals surface area contributed by atoms with Gasteiger partial charge in [0.25, 0.3) is 0 Å². The van der Waals surface area contributed by atoms with Crippen LogP contribution in [-0.2, 0) is 4.74 Å². The third kappa shape index (κ3) is 2.50. The van der Waals surface area contributed by atoms with E-state index in [1.165, 1.54) is 0 Å². The predicted octanol–water partition coefficient (Wildman–Crippen LogP) is 0.941. The van der Waals surface area contributed by atoms with Crippen molar-refractivity contribution in [3.05, 3.63) is 12.2 Å². The lowest BCUT2D eigenvalue weighted by Crippen LogP contribution is -2.38. The summed E-state index contributed by atoms with van der Waals surface area (Å²) in [5, 5.41) is 3.28. The van der Waals surface area contributed by atoms with Crippen LogP contribution in [0.2, 0.25) is 0 Å². The lowest BCUT2D eigenvalue weighted by atomic mass is 10.2. The molecule has 58 valence electrons. The van der Waals surface area contributed by atoms with Gasteiger partial charge in [-0.3, -0.25) is 0 Å². The average molecular weight is 141 g/mol. The van der Waals surface area contributed by atoms with Crippen LogP contribution in [0.4, 0.5) is 0 Å². The highest BCUT2D eigenvalue weighted by atomic mass is 16.5. The molecule has 0 bridgehead atoms. The first-order valence-corrected chi connectivity index (χ1v) is 3.87. The summed E-state index contributed by atoms with van der Waals surface area (Å²) in [5.41, 5.74) is 0. The Morgan fingerprint density at radius 3 is 3.20 bits per heavy atom. The second kappa shape index (κ2) is 4.47. The molecule has 0 amide bonds. The highest BCUT2D eigenvalue weighted by molar-refractivity contribution is 4.82. The van der Waals surface area contributed by atoms with Crippen molar-refractivity contribution in [3.63, 3.8) is 0 Å². The Balaban J connectivity index is 2.13. The third-order valence-corrected chi connectivity index (χ3v) is 1.64. The molecule has 2 heteroatoms. The highest BCUT2D eigenvalue weighted by Gasteiger charge is 2.10. The maximum atomic E-state index is 5.47. The molecular weight excluding hydrogens is 126 g/mol. The summed E-state index contributed by atoms with van der Waals surface area (Å²) in [6.07, 6.45) is 5.67. The quantitative estimate of drug-likeness (QED) is 0.578. The molecule has 0 aromatic carbocycles. The van der Waals surface area contributed by atoms with Crippen LogP contribution in [-0.4, -0.2) is 25.8 Å². The van der Waals surface area contributed by atoms with Crippen LogP contribution in [0.25, 0.3) is 0 Å². The minimum atomic E-state index is 0.407. The van der Waals surface area contributed by atoms with E-state index in [0.717, 1.165) is 26.1 Å². The summed E-state index contributed by atoms with van der Waals surface area (Å²) in [6.45, 7) is 4.91. The Bertz CT molecular complexity index is 106. The summed E-state index contributed by atoms with van der Waals surface area (Å²) in [4.78, 5) is 0. The van der Waals surface area contributed by atoms with Crippen molar-refractivity contribution in [3.8, 4) is 0 Å². The predicted molar refractivity (Wildman–Crippen MR) is 42.0 cm³/mol. The van der Waals surface area contributed by atoms with E-state index in [4.69, 9.17) is 4.74 Å². The molecule has 0 aromatic heterocycles. The molecule has 2 nitrogen and oxygen atoms in total. The molecule has 1 unspecified atom stereocenters. The van der Waals surface area contributed by atoms with E-state index in [2.05, 4.69) is 17.5 Å². The Labute approximate surface area is 62.3 Å². The molecule has 1 heterocycles. The van der Waals surface area contributed by atoms with E-state index in [9.17, 15) is 0 Å². The fourth-order valence-corrected chi connectivity index (χ4v) is 1.06. The molecule has 1 aliphatic rings. The van der Waals surface area contributed by atoms with Gasteiger partial charge in [-0.15, -0.1) is 0 Å². The molecule has 10 heavy (non-hydrogen) atoms. The maximum Gasteiger partial charge on any atom is 0.0734 e. The van der Waals surface area contributed by atoms with Crippen LogP contribution in [0, 0.1) is 0 Å². The minimum absolute atomic E-state index is 0.407. The van der Waals surface area contributed by atoms with Crippen LogP contribution >= 0.6 is 0 Å². The van der Waals surface area contributed by atoms with E-state index in [0.29, 0.717) is 6.10 Å². The fraction of sp³-hybridized carbons (Fsp3) is 0.750. The molecule has 0 aliphatic carbocycles. The highest BCUT2D eigenvalue weighted by Crippen LogP contribution is 2.01. The largest absolute Gasteiger partial charge is 0.375 e. The molecular formula is C8H15NO. The molecule has 0 aromatic rings. The topological polar surface area (TPSA) is 21.3 Å². The first-order valence-electron chi connectivity index (χ1n) is 3.87. The van der Waals surface area contributed by atoms with Gasteiger partial charge >= 0.3 is 0 Å². The standard InChI is InChI=1S/C8H15NO/c1-2-3-4-8-7-9-5-6-10-8/h2-3,8-9H,4-7H2,1H3/b3-2+. The molecule has 1 N–H and O–H groups in total. The molecule has 1 saturated heterocycles. The number of allylic oxidation sites excluding steroid dienone is 1. The van der Waals surface area contributed by atoms with Crippen molar-refractivity contribution in [2.75, 3.05) is 19.7 Å².